The average molecular weight is 258 g/mol. The summed E-state index contributed by atoms with van der Waals surface area (Å²) < 4.78 is 5.10. The maximum atomic E-state index is 10.4. The van der Waals surface area contributed by atoms with Gasteiger partial charge in [0.2, 0.25) is 0 Å². The van der Waals surface area contributed by atoms with Crippen molar-refractivity contribution in [2.75, 3.05) is 7.05 Å². The molecule has 2 N–H and O–H groups in total. The van der Waals surface area contributed by atoms with Crippen LogP contribution in [-0.4, -0.2) is 22.3 Å². The van der Waals surface area contributed by atoms with Gasteiger partial charge in [-0.3, -0.25) is 10.1 Å². The number of thioether (sulfide) groups is 1. The highest BCUT2D eigenvalue weighted by molar-refractivity contribution is 7.99. The van der Waals surface area contributed by atoms with E-state index < -0.39 is 4.92 Å². The first-order chi connectivity index (χ1) is 8.15. The van der Waals surface area contributed by atoms with Gasteiger partial charge in [0.25, 0.3) is 11.4 Å². The van der Waals surface area contributed by atoms with Gasteiger partial charge in [-0.25, -0.2) is 4.98 Å². The molecule has 0 aromatic carbocycles. The molecule has 0 saturated heterocycles. The Morgan fingerprint density at radius 2 is 2.59 bits per heavy atom. The van der Waals surface area contributed by atoms with Crippen LogP contribution in [0.5, 0.6) is 0 Å². The minimum Gasteiger partial charge on any atom is -0.440 e. The van der Waals surface area contributed by atoms with E-state index in [-0.39, 0.29) is 5.37 Å². The molecule has 94 valence electrons. The van der Waals surface area contributed by atoms with Crippen molar-refractivity contribution in [3.8, 4) is 0 Å². The van der Waals surface area contributed by atoms with Crippen LogP contribution in [0.1, 0.15) is 13.3 Å². The molecule has 1 aromatic heterocycles. The highest BCUT2D eigenvalue weighted by Gasteiger charge is 2.13. The van der Waals surface area contributed by atoms with Crippen LogP contribution in [-0.2, 0) is 0 Å². The van der Waals surface area contributed by atoms with Crippen LogP contribution < -0.4 is 10.6 Å². The predicted octanol–water partition coefficient (Wildman–Crippen LogP) is 1.39. The van der Waals surface area contributed by atoms with Crippen molar-refractivity contribution in [1.82, 2.24) is 15.6 Å². The molecule has 1 aromatic rings. The van der Waals surface area contributed by atoms with Crippen LogP contribution in [0.3, 0.4) is 0 Å². The first-order valence-electron chi connectivity index (χ1n) is 5.01. The smallest absolute Gasteiger partial charge is 0.274 e. The van der Waals surface area contributed by atoms with Gasteiger partial charge in [-0.1, -0.05) is 6.92 Å². The van der Waals surface area contributed by atoms with Crippen LogP contribution in [0.4, 0.5) is 0 Å². The number of hydrogen-bond acceptors (Lipinski definition) is 7. The second-order valence-electron chi connectivity index (χ2n) is 3.04. The van der Waals surface area contributed by atoms with E-state index in [1.165, 1.54) is 18.0 Å². The first kappa shape index (κ1) is 13.4. The third-order valence-electron chi connectivity index (χ3n) is 1.84. The number of rotatable bonds is 7. The average Bonchev–Trinajstić information content (AvgIpc) is 2.79. The number of aromatic nitrogens is 1. The van der Waals surface area contributed by atoms with Crippen LogP contribution in [0.2, 0.25) is 0 Å². The van der Waals surface area contributed by atoms with Crippen molar-refractivity contribution < 1.29 is 9.34 Å². The number of nitrogens with one attached hydrogen (secondary N) is 2. The van der Waals surface area contributed by atoms with E-state index in [4.69, 9.17) is 4.42 Å². The molecule has 0 aliphatic heterocycles. The highest BCUT2D eigenvalue weighted by atomic mass is 32.2. The summed E-state index contributed by atoms with van der Waals surface area (Å²) in [6.45, 7) is 1.97. The molecule has 7 nitrogen and oxygen atoms in total. The summed E-state index contributed by atoms with van der Waals surface area (Å²) in [4.78, 5) is 13.8. The van der Waals surface area contributed by atoms with Crippen LogP contribution >= 0.6 is 11.8 Å². The molecule has 0 spiro atoms. The summed E-state index contributed by atoms with van der Waals surface area (Å²) in [5, 5.41) is 16.6. The number of oxazole rings is 1. The topological polar surface area (TPSA) is 93.2 Å². The molecule has 1 rings (SSSR count). The third-order valence-corrected chi connectivity index (χ3v) is 2.98. The van der Waals surface area contributed by atoms with Crippen molar-refractivity contribution in [1.29, 1.82) is 0 Å². The zero-order valence-corrected chi connectivity index (χ0v) is 10.4. The molecule has 0 aliphatic rings. The van der Waals surface area contributed by atoms with Gasteiger partial charge in [-0.15, -0.1) is 0 Å². The SMILES string of the molecule is CCC(N/C(=C/[N+](=O)[O-])NC)Sc1ncco1. The summed E-state index contributed by atoms with van der Waals surface area (Å²) in [7, 11) is 1.62. The van der Waals surface area contributed by atoms with Gasteiger partial charge in [0, 0.05) is 7.05 Å². The Bertz CT molecular complexity index is 380. The van der Waals surface area contributed by atoms with E-state index in [1.54, 1.807) is 13.2 Å². The number of hydrogen-bond donors (Lipinski definition) is 2. The van der Waals surface area contributed by atoms with Gasteiger partial charge in [-0.2, -0.15) is 0 Å². The molecule has 0 fully saturated rings. The summed E-state index contributed by atoms with van der Waals surface area (Å²) >= 11 is 1.37. The lowest BCUT2D eigenvalue weighted by Crippen LogP contribution is -2.31. The zero-order valence-electron chi connectivity index (χ0n) is 9.54. The monoisotopic (exact) mass is 258 g/mol. The van der Waals surface area contributed by atoms with E-state index in [0.29, 0.717) is 11.0 Å². The second-order valence-corrected chi connectivity index (χ2v) is 4.19. The molecule has 0 radical (unpaired) electrons. The third kappa shape index (κ3) is 4.77. The van der Waals surface area contributed by atoms with E-state index in [9.17, 15) is 10.1 Å². The van der Waals surface area contributed by atoms with Gasteiger partial charge < -0.3 is 15.1 Å². The van der Waals surface area contributed by atoms with Crippen molar-refractivity contribution in [2.45, 2.75) is 23.9 Å². The fraction of sp³-hybridized carbons (Fsp3) is 0.444. The first-order valence-corrected chi connectivity index (χ1v) is 5.89. The maximum Gasteiger partial charge on any atom is 0.274 e. The number of nitro groups is 1. The highest BCUT2D eigenvalue weighted by Crippen LogP contribution is 2.22. The zero-order chi connectivity index (χ0) is 12.7. The predicted molar refractivity (Wildman–Crippen MR) is 63.7 cm³/mol. The molecule has 0 aliphatic carbocycles. The van der Waals surface area contributed by atoms with Crippen molar-refractivity contribution >= 4 is 11.8 Å². The molecule has 0 bridgehead atoms. The Morgan fingerprint density at radius 3 is 3.06 bits per heavy atom. The normalized spacial score (nSPS) is 13.2. The molecular weight excluding hydrogens is 244 g/mol. The van der Waals surface area contributed by atoms with E-state index >= 15 is 0 Å². The lowest BCUT2D eigenvalue weighted by molar-refractivity contribution is -0.404. The lowest BCUT2D eigenvalue weighted by atomic mass is 10.5. The lowest BCUT2D eigenvalue weighted by Gasteiger charge is -2.16. The van der Waals surface area contributed by atoms with Crippen molar-refractivity contribution in [3.63, 3.8) is 0 Å². The second kappa shape index (κ2) is 6.79. The Kier molecular flexibility index (Phi) is 5.34. The minimum absolute atomic E-state index is 0.0488. The molecule has 17 heavy (non-hydrogen) atoms. The molecule has 1 heterocycles. The molecule has 0 amide bonds. The fourth-order valence-corrected chi connectivity index (χ4v) is 1.89. The maximum absolute atomic E-state index is 10.4. The van der Waals surface area contributed by atoms with E-state index in [0.717, 1.165) is 12.6 Å². The largest absolute Gasteiger partial charge is 0.440 e. The molecular formula is C9H14N4O3S. The molecule has 0 saturated carbocycles. The Labute approximate surface area is 103 Å². The Morgan fingerprint density at radius 1 is 1.82 bits per heavy atom. The Hall–Kier alpha value is -1.70. The summed E-state index contributed by atoms with van der Waals surface area (Å²) in [6, 6.07) is 0. The molecule has 8 heteroatoms. The summed E-state index contributed by atoms with van der Waals surface area (Å²) in [6.07, 6.45) is 4.70. The van der Waals surface area contributed by atoms with Crippen molar-refractivity contribution in [3.05, 3.63) is 34.6 Å². The van der Waals surface area contributed by atoms with E-state index in [1.807, 2.05) is 6.92 Å². The summed E-state index contributed by atoms with van der Waals surface area (Å²) in [5.74, 6) is 0.348. The van der Waals surface area contributed by atoms with Gasteiger partial charge >= 0.3 is 0 Å². The van der Waals surface area contributed by atoms with Crippen LogP contribution in [0, 0.1) is 10.1 Å². The quantitative estimate of drug-likeness (QED) is 0.330. The van der Waals surface area contributed by atoms with Gasteiger partial charge in [-0.05, 0) is 18.2 Å². The summed E-state index contributed by atoms with van der Waals surface area (Å²) in [5.41, 5.74) is 0. The fourth-order valence-electron chi connectivity index (χ4n) is 1.06. The standard InChI is InChI=1S/C9H14N4O3S/c1-3-8(17-9-11-4-5-16-9)12-7(10-2)6-13(14)15/h4-6,8,10,12H,3H2,1-2H3/b7-6+. The van der Waals surface area contributed by atoms with Gasteiger partial charge in [0.05, 0.1) is 16.5 Å². The van der Waals surface area contributed by atoms with Gasteiger partial charge in [0.15, 0.2) is 5.82 Å². The molecule has 1 atom stereocenters. The van der Waals surface area contributed by atoms with Gasteiger partial charge in [0.1, 0.15) is 6.26 Å². The van der Waals surface area contributed by atoms with Crippen LogP contribution in [0.25, 0.3) is 0 Å². The minimum atomic E-state index is -0.513. The van der Waals surface area contributed by atoms with Crippen molar-refractivity contribution in [2.24, 2.45) is 0 Å². The number of nitrogens with zero attached hydrogens (tertiary/aromatic N) is 2. The van der Waals surface area contributed by atoms with E-state index in [2.05, 4.69) is 15.6 Å². The molecule has 1 unspecified atom stereocenters. The van der Waals surface area contributed by atoms with Crippen LogP contribution in [0.15, 0.2) is 34.1 Å². The Balaban J connectivity index is 2.59.